The molecule has 1 saturated heterocycles. The van der Waals surface area contributed by atoms with Gasteiger partial charge in [0.05, 0.1) is 11.6 Å². The first-order chi connectivity index (χ1) is 7.85. The summed E-state index contributed by atoms with van der Waals surface area (Å²) in [6, 6.07) is 0. The third-order valence-electron chi connectivity index (χ3n) is 3.87. The molecule has 0 aromatic carbocycles. The van der Waals surface area contributed by atoms with E-state index in [0.717, 1.165) is 25.7 Å². The second kappa shape index (κ2) is 4.16. The van der Waals surface area contributed by atoms with Crippen LogP contribution in [0.3, 0.4) is 0 Å². The van der Waals surface area contributed by atoms with Gasteiger partial charge in [0.2, 0.25) is 0 Å². The highest BCUT2D eigenvalue weighted by molar-refractivity contribution is 5.70. The first kappa shape index (κ1) is 12.7. The first-order valence-electron chi connectivity index (χ1n) is 6.54. The first-order valence-corrected chi connectivity index (χ1v) is 6.54. The maximum absolute atomic E-state index is 12.2. The molecule has 4 nitrogen and oxygen atoms in total. The number of aliphatic hydroxyl groups excluding tert-OH is 1. The van der Waals surface area contributed by atoms with E-state index in [4.69, 9.17) is 4.74 Å². The van der Waals surface area contributed by atoms with Gasteiger partial charge in [0, 0.05) is 6.54 Å². The van der Waals surface area contributed by atoms with Gasteiger partial charge in [-0.15, -0.1) is 0 Å². The van der Waals surface area contributed by atoms with Crippen LogP contribution in [0.1, 0.15) is 52.9 Å². The van der Waals surface area contributed by atoms with Crippen LogP contribution >= 0.6 is 0 Å². The van der Waals surface area contributed by atoms with Crippen LogP contribution in [0.25, 0.3) is 0 Å². The van der Waals surface area contributed by atoms with Crippen molar-refractivity contribution in [2.45, 2.75) is 70.1 Å². The van der Waals surface area contributed by atoms with Crippen LogP contribution < -0.4 is 0 Å². The largest absolute Gasteiger partial charge is 0.444 e. The van der Waals surface area contributed by atoms with E-state index < -0.39 is 5.60 Å². The minimum absolute atomic E-state index is 0.268. The standard InChI is InChI=1S/C13H23NO3/c1-12(2,3)17-11(16)14-9-6-10(15)13(14)7-4-5-8-13/h10,15H,4-9H2,1-3H3/t10-/m1/s1. The lowest BCUT2D eigenvalue weighted by Crippen LogP contribution is -2.52. The Morgan fingerprint density at radius 3 is 2.47 bits per heavy atom. The summed E-state index contributed by atoms with van der Waals surface area (Å²) in [5, 5.41) is 10.1. The lowest BCUT2D eigenvalue weighted by molar-refractivity contribution is -0.0121. The summed E-state index contributed by atoms with van der Waals surface area (Å²) >= 11 is 0. The molecule has 0 aromatic heterocycles. The summed E-state index contributed by atoms with van der Waals surface area (Å²) in [5.74, 6) is 0. The zero-order chi connectivity index (χ0) is 12.7. The average Bonchev–Trinajstić information content (AvgIpc) is 2.75. The molecule has 1 N–H and O–H groups in total. The Morgan fingerprint density at radius 1 is 1.35 bits per heavy atom. The molecule has 1 aliphatic heterocycles. The smallest absolute Gasteiger partial charge is 0.410 e. The molecule has 1 spiro atoms. The zero-order valence-corrected chi connectivity index (χ0v) is 11.0. The zero-order valence-electron chi connectivity index (χ0n) is 11.0. The Kier molecular flexibility index (Phi) is 3.10. The van der Waals surface area contributed by atoms with Gasteiger partial charge in [-0.1, -0.05) is 12.8 Å². The third kappa shape index (κ3) is 2.28. The molecule has 4 heteroatoms. The van der Waals surface area contributed by atoms with Gasteiger partial charge < -0.3 is 9.84 Å². The normalized spacial score (nSPS) is 27.8. The van der Waals surface area contributed by atoms with Gasteiger partial charge in [0.25, 0.3) is 0 Å². The van der Waals surface area contributed by atoms with E-state index in [1.165, 1.54) is 0 Å². The van der Waals surface area contributed by atoms with Gasteiger partial charge in [-0.05, 0) is 40.0 Å². The number of carbonyl (C=O) groups is 1. The quantitative estimate of drug-likeness (QED) is 0.708. The van der Waals surface area contributed by atoms with Crippen molar-refractivity contribution in [2.24, 2.45) is 0 Å². The third-order valence-corrected chi connectivity index (χ3v) is 3.87. The van der Waals surface area contributed by atoms with Gasteiger partial charge in [-0.25, -0.2) is 4.79 Å². The number of hydrogen-bond acceptors (Lipinski definition) is 3. The Bertz CT molecular complexity index is 302. The maximum atomic E-state index is 12.2. The second-order valence-corrected chi connectivity index (χ2v) is 6.25. The van der Waals surface area contributed by atoms with E-state index in [0.29, 0.717) is 13.0 Å². The van der Waals surface area contributed by atoms with Crippen LogP contribution in [0.4, 0.5) is 4.79 Å². The minimum Gasteiger partial charge on any atom is -0.444 e. The van der Waals surface area contributed by atoms with E-state index >= 15 is 0 Å². The molecule has 2 aliphatic rings. The summed E-state index contributed by atoms with van der Waals surface area (Å²) < 4.78 is 5.43. The molecular weight excluding hydrogens is 218 g/mol. The van der Waals surface area contributed by atoms with Crippen LogP contribution in [-0.4, -0.2) is 39.9 Å². The summed E-state index contributed by atoms with van der Waals surface area (Å²) in [6.45, 7) is 6.24. The van der Waals surface area contributed by atoms with Crippen LogP contribution in [0.5, 0.6) is 0 Å². The molecule has 17 heavy (non-hydrogen) atoms. The van der Waals surface area contributed by atoms with Gasteiger partial charge in [0.15, 0.2) is 0 Å². The van der Waals surface area contributed by atoms with E-state index in [1.54, 1.807) is 4.90 Å². The van der Waals surface area contributed by atoms with Crippen LogP contribution in [-0.2, 0) is 4.74 Å². The monoisotopic (exact) mass is 241 g/mol. The molecule has 1 amide bonds. The molecular formula is C13H23NO3. The number of hydrogen-bond donors (Lipinski definition) is 1. The number of rotatable bonds is 0. The summed E-state index contributed by atoms with van der Waals surface area (Å²) in [4.78, 5) is 13.9. The molecule has 1 atom stereocenters. The molecule has 0 bridgehead atoms. The molecule has 1 heterocycles. The molecule has 0 aromatic rings. The van der Waals surface area contributed by atoms with E-state index in [2.05, 4.69) is 0 Å². The van der Waals surface area contributed by atoms with Crippen LogP contribution in [0, 0.1) is 0 Å². The number of nitrogens with zero attached hydrogens (tertiary/aromatic N) is 1. The predicted molar refractivity (Wildman–Crippen MR) is 64.8 cm³/mol. The minimum atomic E-state index is -0.468. The Labute approximate surface area is 103 Å². The lowest BCUT2D eigenvalue weighted by Gasteiger charge is -2.37. The van der Waals surface area contributed by atoms with Crippen molar-refractivity contribution < 1.29 is 14.6 Å². The Hall–Kier alpha value is -0.770. The molecule has 1 aliphatic carbocycles. The number of amides is 1. The molecule has 2 fully saturated rings. The summed E-state index contributed by atoms with van der Waals surface area (Å²) in [6.07, 6.45) is 4.04. The van der Waals surface area contributed by atoms with Gasteiger partial charge in [0.1, 0.15) is 5.60 Å². The molecule has 1 saturated carbocycles. The predicted octanol–water partition coefficient (Wildman–Crippen LogP) is 2.30. The number of likely N-dealkylation sites (tertiary alicyclic amines) is 1. The van der Waals surface area contributed by atoms with Crippen LogP contribution in [0.2, 0.25) is 0 Å². The highest BCUT2D eigenvalue weighted by atomic mass is 16.6. The summed E-state index contributed by atoms with van der Waals surface area (Å²) in [5.41, 5.74) is -0.799. The van der Waals surface area contributed by atoms with E-state index in [9.17, 15) is 9.90 Å². The van der Waals surface area contributed by atoms with Crippen molar-refractivity contribution in [3.05, 3.63) is 0 Å². The van der Waals surface area contributed by atoms with Crippen molar-refractivity contribution in [1.82, 2.24) is 4.90 Å². The van der Waals surface area contributed by atoms with Gasteiger partial charge in [-0.2, -0.15) is 0 Å². The molecule has 0 unspecified atom stereocenters. The highest BCUT2D eigenvalue weighted by Gasteiger charge is 2.52. The number of ether oxygens (including phenoxy) is 1. The molecule has 0 radical (unpaired) electrons. The Morgan fingerprint density at radius 2 is 1.94 bits per heavy atom. The van der Waals surface area contributed by atoms with Crippen molar-refractivity contribution >= 4 is 6.09 Å². The fourth-order valence-electron chi connectivity index (χ4n) is 3.10. The number of aliphatic hydroxyl groups is 1. The van der Waals surface area contributed by atoms with Crippen molar-refractivity contribution in [2.75, 3.05) is 6.54 Å². The topological polar surface area (TPSA) is 49.8 Å². The fraction of sp³-hybridized carbons (Fsp3) is 0.923. The van der Waals surface area contributed by atoms with Gasteiger partial charge in [-0.3, -0.25) is 4.90 Å². The fourth-order valence-corrected chi connectivity index (χ4v) is 3.10. The number of carbonyl (C=O) groups excluding carboxylic acids is 1. The lowest BCUT2D eigenvalue weighted by atomic mass is 9.91. The second-order valence-electron chi connectivity index (χ2n) is 6.25. The van der Waals surface area contributed by atoms with Crippen molar-refractivity contribution in [1.29, 1.82) is 0 Å². The van der Waals surface area contributed by atoms with Crippen molar-refractivity contribution in [3.8, 4) is 0 Å². The SMILES string of the molecule is CC(C)(C)OC(=O)N1CC[C@@H](O)C12CCCC2. The van der Waals surface area contributed by atoms with E-state index in [-0.39, 0.29) is 17.7 Å². The van der Waals surface area contributed by atoms with Crippen LogP contribution in [0.15, 0.2) is 0 Å². The Balaban J connectivity index is 2.12. The van der Waals surface area contributed by atoms with Gasteiger partial charge >= 0.3 is 6.09 Å². The molecule has 2 rings (SSSR count). The maximum Gasteiger partial charge on any atom is 0.410 e. The van der Waals surface area contributed by atoms with Crippen molar-refractivity contribution in [3.63, 3.8) is 0 Å². The summed E-state index contributed by atoms with van der Waals surface area (Å²) in [7, 11) is 0. The highest BCUT2D eigenvalue weighted by Crippen LogP contribution is 2.43. The van der Waals surface area contributed by atoms with E-state index in [1.807, 2.05) is 20.8 Å². The average molecular weight is 241 g/mol. The molecule has 98 valence electrons.